The van der Waals surface area contributed by atoms with Gasteiger partial charge < -0.3 is 9.67 Å². The Morgan fingerprint density at radius 3 is 2.10 bits per heavy atom. The number of aromatic nitrogens is 1. The molecule has 110 valence electrons. The van der Waals surface area contributed by atoms with Gasteiger partial charge in [-0.15, -0.1) is 0 Å². The summed E-state index contributed by atoms with van der Waals surface area (Å²) in [5.74, 6) is -0.697. The fourth-order valence-electron chi connectivity index (χ4n) is 3.28. The summed E-state index contributed by atoms with van der Waals surface area (Å²) in [6.45, 7) is 4.22. The van der Waals surface area contributed by atoms with Crippen LogP contribution in [-0.4, -0.2) is 15.6 Å². The van der Waals surface area contributed by atoms with E-state index in [0.717, 1.165) is 49.9 Å². The zero-order chi connectivity index (χ0) is 14.8. The van der Waals surface area contributed by atoms with Crippen LogP contribution >= 0.6 is 0 Å². The molecule has 1 aromatic rings. The van der Waals surface area contributed by atoms with Crippen LogP contribution in [0.5, 0.6) is 0 Å². The number of hydrogen-bond donors (Lipinski definition) is 1. The second kappa shape index (κ2) is 5.81. The monoisotopic (exact) mass is 277 g/mol. The van der Waals surface area contributed by atoms with Crippen molar-refractivity contribution in [1.82, 2.24) is 4.57 Å². The summed E-state index contributed by atoms with van der Waals surface area (Å²) in [6, 6.07) is 3.17. The molecule has 2 rings (SSSR count). The number of hydrogen-bond acceptors (Lipinski definition) is 2. The highest BCUT2D eigenvalue weighted by Crippen LogP contribution is 2.37. The number of carboxylic acid groups (broad SMARTS) is 1. The van der Waals surface area contributed by atoms with E-state index >= 15 is 0 Å². The minimum Gasteiger partial charge on any atom is -0.481 e. The van der Waals surface area contributed by atoms with Gasteiger partial charge in [0.1, 0.15) is 0 Å². The molecule has 0 aromatic carbocycles. The van der Waals surface area contributed by atoms with Gasteiger partial charge in [-0.2, -0.15) is 0 Å². The summed E-state index contributed by atoms with van der Waals surface area (Å²) >= 11 is 0. The van der Waals surface area contributed by atoms with E-state index in [2.05, 4.69) is 0 Å². The van der Waals surface area contributed by atoms with Gasteiger partial charge in [0, 0.05) is 30.1 Å². The Bertz CT molecular complexity index is 525. The van der Waals surface area contributed by atoms with Crippen molar-refractivity contribution >= 4 is 5.97 Å². The zero-order valence-electron chi connectivity index (χ0n) is 12.3. The van der Waals surface area contributed by atoms with Gasteiger partial charge in [-0.3, -0.25) is 9.59 Å². The lowest BCUT2D eigenvalue weighted by Crippen LogP contribution is -2.36. The van der Waals surface area contributed by atoms with E-state index in [-0.39, 0.29) is 5.43 Å². The minimum absolute atomic E-state index is 0.0125. The first-order chi connectivity index (χ1) is 9.44. The van der Waals surface area contributed by atoms with Gasteiger partial charge in [-0.25, -0.2) is 0 Å². The minimum atomic E-state index is -0.697. The van der Waals surface area contributed by atoms with Gasteiger partial charge in [0.05, 0.1) is 5.41 Å². The van der Waals surface area contributed by atoms with Gasteiger partial charge in [-0.1, -0.05) is 25.7 Å². The Kier molecular flexibility index (Phi) is 4.31. The second-order valence-corrected chi connectivity index (χ2v) is 6.06. The lowest BCUT2D eigenvalue weighted by molar-refractivity contribution is -0.151. The molecule has 1 aliphatic carbocycles. The molecule has 0 amide bonds. The Labute approximate surface area is 119 Å². The smallest absolute Gasteiger partial charge is 0.311 e. The van der Waals surface area contributed by atoms with Crippen LogP contribution in [0.2, 0.25) is 0 Å². The number of carboxylic acids is 1. The molecule has 4 nitrogen and oxygen atoms in total. The van der Waals surface area contributed by atoms with Crippen molar-refractivity contribution in [3.05, 3.63) is 33.7 Å². The van der Waals surface area contributed by atoms with Crippen molar-refractivity contribution in [1.29, 1.82) is 0 Å². The predicted molar refractivity (Wildman–Crippen MR) is 77.9 cm³/mol. The summed E-state index contributed by atoms with van der Waals surface area (Å²) < 4.78 is 1.99. The number of carbonyl (C=O) groups is 1. The lowest BCUT2D eigenvalue weighted by Gasteiger charge is -2.31. The molecule has 0 aliphatic heterocycles. The van der Waals surface area contributed by atoms with Gasteiger partial charge in [0.2, 0.25) is 0 Å². The van der Waals surface area contributed by atoms with Crippen LogP contribution in [0.25, 0.3) is 0 Å². The highest BCUT2D eigenvalue weighted by atomic mass is 16.4. The molecule has 0 spiro atoms. The van der Waals surface area contributed by atoms with Gasteiger partial charge in [0.15, 0.2) is 5.43 Å². The van der Waals surface area contributed by atoms with Crippen LogP contribution in [0, 0.1) is 19.3 Å². The van der Waals surface area contributed by atoms with Crippen LogP contribution in [-0.2, 0) is 11.3 Å². The van der Waals surface area contributed by atoms with E-state index in [9.17, 15) is 14.7 Å². The maximum atomic E-state index is 11.8. The Hall–Kier alpha value is -1.58. The number of nitrogens with zero attached hydrogens (tertiary/aromatic N) is 1. The van der Waals surface area contributed by atoms with E-state index in [1.807, 2.05) is 18.4 Å². The fraction of sp³-hybridized carbons (Fsp3) is 0.625. The van der Waals surface area contributed by atoms with Crippen molar-refractivity contribution in [3.8, 4) is 0 Å². The molecule has 1 fully saturated rings. The molecule has 1 saturated carbocycles. The van der Waals surface area contributed by atoms with Gasteiger partial charge >= 0.3 is 5.97 Å². The van der Waals surface area contributed by atoms with E-state index in [4.69, 9.17) is 0 Å². The lowest BCUT2D eigenvalue weighted by atomic mass is 9.80. The molecule has 0 saturated heterocycles. The molecule has 1 aliphatic rings. The van der Waals surface area contributed by atoms with Crippen LogP contribution in [0.15, 0.2) is 16.9 Å². The summed E-state index contributed by atoms with van der Waals surface area (Å²) in [6.07, 6.45) is 5.66. The SMILES string of the molecule is Cc1cc(=O)cc(C)n1CC1(C(=O)O)CCCCCC1. The number of pyridine rings is 1. The third-order valence-electron chi connectivity index (χ3n) is 4.53. The summed E-state index contributed by atoms with van der Waals surface area (Å²) in [7, 11) is 0. The molecule has 1 heterocycles. The first-order valence-corrected chi connectivity index (χ1v) is 7.36. The summed E-state index contributed by atoms with van der Waals surface area (Å²) in [5.41, 5.74) is 1.00. The number of aryl methyl sites for hydroxylation is 2. The molecule has 0 bridgehead atoms. The van der Waals surface area contributed by atoms with Crippen molar-refractivity contribution in [3.63, 3.8) is 0 Å². The number of rotatable bonds is 3. The van der Waals surface area contributed by atoms with Crippen LogP contribution in [0.1, 0.15) is 49.9 Å². The third kappa shape index (κ3) is 2.94. The standard InChI is InChI=1S/C16H23NO3/c1-12-9-14(18)10-13(2)17(12)11-16(15(19)20)7-5-3-4-6-8-16/h9-10H,3-8,11H2,1-2H3,(H,19,20). The van der Waals surface area contributed by atoms with Crippen LogP contribution in [0.4, 0.5) is 0 Å². The largest absolute Gasteiger partial charge is 0.481 e. The molecule has 0 unspecified atom stereocenters. The van der Waals surface area contributed by atoms with E-state index < -0.39 is 11.4 Å². The summed E-state index contributed by atoms with van der Waals surface area (Å²) in [4.78, 5) is 23.3. The average molecular weight is 277 g/mol. The fourth-order valence-corrected chi connectivity index (χ4v) is 3.28. The Morgan fingerprint density at radius 2 is 1.65 bits per heavy atom. The normalized spacial score (nSPS) is 18.5. The third-order valence-corrected chi connectivity index (χ3v) is 4.53. The maximum Gasteiger partial charge on any atom is 0.311 e. The van der Waals surface area contributed by atoms with Crippen molar-refractivity contribution < 1.29 is 9.90 Å². The molecular formula is C16H23NO3. The number of aliphatic carboxylic acids is 1. The highest BCUT2D eigenvalue weighted by molar-refractivity contribution is 5.74. The molecule has 4 heteroatoms. The maximum absolute atomic E-state index is 11.8. The van der Waals surface area contributed by atoms with Gasteiger partial charge in [-0.05, 0) is 26.7 Å². The molecule has 1 N–H and O–H groups in total. The van der Waals surface area contributed by atoms with Crippen molar-refractivity contribution in [2.45, 2.75) is 58.9 Å². The Morgan fingerprint density at radius 1 is 1.15 bits per heavy atom. The highest BCUT2D eigenvalue weighted by Gasteiger charge is 2.39. The topological polar surface area (TPSA) is 59.3 Å². The van der Waals surface area contributed by atoms with E-state index in [1.165, 1.54) is 0 Å². The molecular weight excluding hydrogens is 254 g/mol. The summed E-state index contributed by atoms with van der Waals surface area (Å²) in [5, 5.41) is 9.74. The molecule has 1 aromatic heterocycles. The van der Waals surface area contributed by atoms with Crippen molar-refractivity contribution in [2.75, 3.05) is 0 Å². The molecule has 20 heavy (non-hydrogen) atoms. The first kappa shape index (κ1) is 14.8. The van der Waals surface area contributed by atoms with Crippen LogP contribution in [0.3, 0.4) is 0 Å². The average Bonchev–Trinajstić information content (AvgIpc) is 2.60. The Balaban J connectivity index is 2.38. The first-order valence-electron chi connectivity index (χ1n) is 7.36. The van der Waals surface area contributed by atoms with E-state index in [1.54, 1.807) is 12.1 Å². The second-order valence-electron chi connectivity index (χ2n) is 6.06. The predicted octanol–water partition coefficient (Wildman–Crippen LogP) is 2.89. The van der Waals surface area contributed by atoms with Crippen molar-refractivity contribution in [2.24, 2.45) is 5.41 Å². The van der Waals surface area contributed by atoms with E-state index in [0.29, 0.717) is 6.54 Å². The molecule has 0 radical (unpaired) electrons. The van der Waals surface area contributed by atoms with Crippen LogP contribution < -0.4 is 5.43 Å². The quantitative estimate of drug-likeness (QED) is 0.864. The van der Waals surface area contributed by atoms with Gasteiger partial charge in [0.25, 0.3) is 0 Å². The molecule has 0 atom stereocenters. The zero-order valence-corrected chi connectivity index (χ0v) is 12.3.